The molecule has 1 unspecified atom stereocenters. The summed E-state index contributed by atoms with van der Waals surface area (Å²) in [4.78, 5) is 13.6. The molecule has 20 heavy (non-hydrogen) atoms. The van der Waals surface area contributed by atoms with Crippen LogP contribution in [0.3, 0.4) is 0 Å². The molecule has 6 heteroatoms. The van der Waals surface area contributed by atoms with Gasteiger partial charge in [-0.1, -0.05) is 6.92 Å². The van der Waals surface area contributed by atoms with Crippen molar-refractivity contribution in [3.8, 4) is 5.75 Å². The summed E-state index contributed by atoms with van der Waals surface area (Å²) in [6.45, 7) is 4.55. The number of hydrogen-bond donors (Lipinski definition) is 1. The molecule has 1 fully saturated rings. The zero-order valence-corrected chi connectivity index (χ0v) is 14.8. The summed E-state index contributed by atoms with van der Waals surface area (Å²) in [5, 5.41) is 3.28. The van der Waals surface area contributed by atoms with E-state index in [1.54, 1.807) is 11.9 Å². The minimum absolute atomic E-state index is 0.0422. The summed E-state index contributed by atoms with van der Waals surface area (Å²) < 4.78 is 7.60. The number of carbonyl (C=O) groups is 1. The largest absolute Gasteiger partial charge is 0.478 e. The Morgan fingerprint density at radius 3 is 2.55 bits per heavy atom. The molecule has 1 saturated heterocycles. The molecular weight excluding hydrogens is 388 g/mol. The molecule has 2 rings (SSSR count). The van der Waals surface area contributed by atoms with Crippen molar-refractivity contribution in [2.45, 2.75) is 26.0 Å². The minimum atomic E-state index is -0.382. The third-order valence-electron chi connectivity index (χ3n) is 3.28. The van der Waals surface area contributed by atoms with Crippen molar-refractivity contribution in [1.82, 2.24) is 10.2 Å². The Balaban J connectivity index is 2.14. The van der Waals surface area contributed by atoms with Crippen molar-refractivity contribution in [2.75, 3.05) is 20.1 Å². The Bertz CT molecular complexity index is 485. The summed E-state index contributed by atoms with van der Waals surface area (Å²) in [5.74, 6) is 0.736. The summed E-state index contributed by atoms with van der Waals surface area (Å²) in [6.07, 6.45) is 0.347. The van der Waals surface area contributed by atoms with Gasteiger partial charge in [-0.2, -0.15) is 0 Å². The van der Waals surface area contributed by atoms with Crippen molar-refractivity contribution in [1.29, 1.82) is 0 Å². The molecule has 1 aromatic carbocycles. The molecule has 1 N–H and O–H groups in total. The van der Waals surface area contributed by atoms with Crippen LogP contribution in [-0.2, 0) is 11.3 Å². The maximum absolute atomic E-state index is 11.9. The highest BCUT2D eigenvalue weighted by atomic mass is 79.9. The molecule has 1 aromatic rings. The highest BCUT2D eigenvalue weighted by molar-refractivity contribution is 9.11. The van der Waals surface area contributed by atoms with E-state index in [4.69, 9.17) is 4.74 Å². The fraction of sp³-hybridized carbons (Fsp3) is 0.500. The van der Waals surface area contributed by atoms with E-state index < -0.39 is 0 Å². The Morgan fingerprint density at radius 1 is 1.40 bits per heavy atom. The lowest BCUT2D eigenvalue weighted by Crippen LogP contribution is -2.29. The second-order valence-corrected chi connectivity index (χ2v) is 6.53. The van der Waals surface area contributed by atoms with Crippen LogP contribution in [0.15, 0.2) is 21.1 Å². The predicted octanol–water partition coefficient (Wildman–Crippen LogP) is 2.93. The lowest BCUT2D eigenvalue weighted by molar-refractivity contribution is -0.132. The number of nitrogens with zero attached hydrogens (tertiary/aromatic N) is 1. The summed E-state index contributed by atoms with van der Waals surface area (Å²) in [6, 6.07) is 4.04. The molecule has 1 aliphatic heterocycles. The van der Waals surface area contributed by atoms with Crippen molar-refractivity contribution in [2.24, 2.45) is 0 Å². The fourth-order valence-corrected chi connectivity index (χ4v) is 3.61. The van der Waals surface area contributed by atoms with E-state index in [0.717, 1.165) is 40.6 Å². The van der Waals surface area contributed by atoms with Gasteiger partial charge in [0.2, 0.25) is 0 Å². The van der Waals surface area contributed by atoms with Gasteiger partial charge in [0.1, 0.15) is 5.75 Å². The van der Waals surface area contributed by atoms with Crippen molar-refractivity contribution in [3.63, 3.8) is 0 Å². The van der Waals surface area contributed by atoms with Gasteiger partial charge in [0.05, 0.1) is 8.95 Å². The summed E-state index contributed by atoms with van der Waals surface area (Å²) >= 11 is 7.05. The van der Waals surface area contributed by atoms with Crippen LogP contribution in [0.5, 0.6) is 5.75 Å². The molecule has 0 aliphatic carbocycles. The number of nitrogens with one attached hydrogen (secondary N) is 1. The molecule has 4 nitrogen and oxygen atoms in total. The summed E-state index contributed by atoms with van der Waals surface area (Å²) in [5.41, 5.74) is 1.16. The maximum Gasteiger partial charge on any atom is 0.263 e. The van der Waals surface area contributed by atoms with Gasteiger partial charge in [-0.05, 0) is 56.1 Å². The first-order chi connectivity index (χ1) is 9.52. The highest BCUT2D eigenvalue weighted by Gasteiger charge is 2.31. The van der Waals surface area contributed by atoms with E-state index in [1.165, 1.54) is 0 Å². The van der Waals surface area contributed by atoms with Gasteiger partial charge < -0.3 is 15.0 Å². The van der Waals surface area contributed by atoms with Gasteiger partial charge in [0.25, 0.3) is 5.91 Å². The van der Waals surface area contributed by atoms with Crippen LogP contribution in [0, 0.1) is 0 Å². The molecule has 1 aliphatic rings. The van der Waals surface area contributed by atoms with Crippen molar-refractivity contribution < 1.29 is 9.53 Å². The minimum Gasteiger partial charge on any atom is -0.478 e. The first-order valence-corrected chi connectivity index (χ1v) is 8.21. The summed E-state index contributed by atoms with van der Waals surface area (Å²) in [7, 11) is 1.80. The van der Waals surface area contributed by atoms with E-state index in [-0.39, 0.29) is 12.0 Å². The van der Waals surface area contributed by atoms with Crippen LogP contribution in [0.2, 0.25) is 0 Å². The monoisotopic (exact) mass is 404 g/mol. The lowest BCUT2D eigenvalue weighted by atomic mass is 10.2. The number of halogens is 2. The molecular formula is C14H18Br2N2O2. The Hall–Kier alpha value is -0.590. The van der Waals surface area contributed by atoms with Gasteiger partial charge in [-0.3, -0.25) is 4.79 Å². The Labute approximate surface area is 136 Å². The number of likely N-dealkylation sites (tertiary alicyclic amines) is 1. The lowest BCUT2D eigenvalue weighted by Gasteiger charge is -2.16. The smallest absolute Gasteiger partial charge is 0.263 e. The molecule has 0 aromatic heterocycles. The maximum atomic E-state index is 11.9. The van der Waals surface area contributed by atoms with E-state index >= 15 is 0 Å². The van der Waals surface area contributed by atoms with Crippen LogP contribution in [-0.4, -0.2) is 37.0 Å². The fourth-order valence-electron chi connectivity index (χ4n) is 2.14. The van der Waals surface area contributed by atoms with E-state index in [0.29, 0.717) is 5.75 Å². The van der Waals surface area contributed by atoms with Gasteiger partial charge in [-0.25, -0.2) is 0 Å². The van der Waals surface area contributed by atoms with Gasteiger partial charge in [0.15, 0.2) is 6.10 Å². The molecule has 1 amide bonds. The number of amides is 1. The zero-order valence-electron chi connectivity index (χ0n) is 11.6. The standard InChI is InChI=1S/C14H18Br2N2O2/c1-3-17-8-9-6-10(15)13(11(16)7-9)20-12-4-5-18(2)14(12)19/h6-7,12,17H,3-5,8H2,1-2H3. The Kier molecular flexibility index (Phi) is 5.46. The molecule has 0 spiro atoms. The molecule has 0 saturated carbocycles. The molecule has 1 atom stereocenters. The Morgan fingerprint density at radius 2 is 2.05 bits per heavy atom. The third-order valence-corrected chi connectivity index (χ3v) is 4.45. The number of benzene rings is 1. The highest BCUT2D eigenvalue weighted by Crippen LogP contribution is 2.36. The molecule has 0 radical (unpaired) electrons. The van der Waals surface area contributed by atoms with E-state index in [9.17, 15) is 4.79 Å². The SMILES string of the molecule is CCNCc1cc(Br)c(OC2CCN(C)C2=O)c(Br)c1. The predicted molar refractivity (Wildman–Crippen MR) is 85.9 cm³/mol. The average Bonchev–Trinajstić information content (AvgIpc) is 2.72. The second kappa shape index (κ2) is 6.91. The number of rotatable bonds is 5. The first kappa shape index (κ1) is 15.8. The van der Waals surface area contributed by atoms with Gasteiger partial charge in [0, 0.05) is 26.6 Å². The van der Waals surface area contributed by atoms with Crippen molar-refractivity contribution in [3.05, 3.63) is 26.6 Å². The third kappa shape index (κ3) is 3.54. The quantitative estimate of drug-likeness (QED) is 0.818. The average molecular weight is 406 g/mol. The number of hydrogen-bond acceptors (Lipinski definition) is 3. The number of likely N-dealkylation sites (N-methyl/N-ethyl adjacent to an activating group) is 1. The zero-order chi connectivity index (χ0) is 14.7. The van der Waals surface area contributed by atoms with Crippen LogP contribution < -0.4 is 10.1 Å². The van der Waals surface area contributed by atoms with Crippen LogP contribution >= 0.6 is 31.9 Å². The van der Waals surface area contributed by atoms with Gasteiger partial charge in [-0.15, -0.1) is 0 Å². The van der Waals surface area contributed by atoms with Crippen LogP contribution in [0.25, 0.3) is 0 Å². The molecule has 1 heterocycles. The van der Waals surface area contributed by atoms with Gasteiger partial charge >= 0.3 is 0 Å². The normalized spacial score (nSPS) is 18.7. The molecule has 0 bridgehead atoms. The van der Waals surface area contributed by atoms with Crippen LogP contribution in [0.4, 0.5) is 0 Å². The topological polar surface area (TPSA) is 41.6 Å². The molecule has 110 valence electrons. The van der Waals surface area contributed by atoms with Crippen molar-refractivity contribution >= 4 is 37.8 Å². The van der Waals surface area contributed by atoms with E-state index in [1.807, 2.05) is 12.1 Å². The first-order valence-electron chi connectivity index (χ1n) is 6.63. The number of ether oxygens (including phenoxy) is 1. The van der Waals surface area contributed by atoms with E-state index in [2.05, 4.69) is 44.1 Å². The van der Waals surface area contributed by atoms with Crippen LogP contribution in [0.1, 0.15) is 18.9 Å². The second-order valence-electron chi connectivity index (χ2n) is 4.82. The number of carbonyl (C=O) groups excluding carboxylic acids is 1.